The Morgan fingerprint density at radius 3 is 2.47 bits per heavy atom. The fraction of sp³-hybridized carbons (Fsp3) is 0.182. The molecule has 3 heterocycles. The number of carbonyl (C=O) groups is 1. The van der Waals surface area contributed by atoms with Crippen molar-refractivity contribution in [3.05, 3.63) is 82.8 Å². The molecule has 10 nitrogen and oxygen atoms in total. The Hall–Kier alpha value is -4.34. The lowest BCUT2D eigenvalue weighted by Gasteiger charge is -2.10. The van der Waals surface area contributed by atoms with Gasteiger partial charge in [-0.15, -0.1) is 0 Å². The van der Waals surface area contributed by atoms with E-state index >= 15 is 0 Å². The number of hydrogen-bond acceptors (Lipinski definition) is 7. The van der Waals surface area contributed by atoms with Gasteiger partial charge in [-0.05, 0) is 45.0 Å². The highest BCUT2D eigenvalue weighted by molar-refractivity contribution is 5.90. The third-order valence-corrected chi connectivity index (χ3v) is 5.00. The molecule has 1 aromatic carbocycles. The van der Waals surface area contributed by atoms with Crippen LogP contribution in [0.1, 0.15) is 17.1 Å². The minimum Gasteiger partial charge on any atom is -0.340 e. The number of anilines is 3. The lowest BCUT2D eigenvalue weighted by atomic mass is 10.2. The number of rotatable bonds is 6. The molecule has 0 aliphatic rings. The SMILES string of the molecule is Cc1ncn(CC(=O)Nc2ccc(Nc3cc(-n4ccnc4C)ncn3)cc2)c(=O)c1C. The summed E-state index contributed by atoms with van der Waals surface area (Å²) < 4.78 is 3.16. The van der Waals surface area contributed by atoms with E-state index in [4.69, 9.17) is 0 Å². The van der Waals surface area contributed by atoms with Crippen LogP contribution in [0, 0.1) is 20.8 Å². The Kier molecular flexibility index (Phi) is 5.75. The molecule has 3 aromatic heterocycles. The topological polar surface area (TPSA) is 120 Å². The van der Waals surface area contributed by atoms with Crippen LogP contribution >= 0.6 is 0 Å². The van der Waals surface area contributed by atoms with E-state index < -0.39 is 0 Å². The fourth-order valence-electron chi connectivity index (χ4n) is 3.10. The summed E-state index contributed by atoms with van der Waals surface area (Å²) in [5.41, 5.74) is 2.38. The lowest BCUT2D eigenvalue weighted by molar-refractivity contribution is -0.116. The Balaban J connectivity index is 1.41. The fourth-order valence-corrected chi connectivity index (χ4v) is 3.10. The van der Waals surface area contributed by atoms with E-state index in [2.05, 4.69) is 30.6 Å². The number of nitrogens with zero attached hydrogens (tertiary/aromatic N) is 6. The van der Waals surface area contributed by atoms with E-state index in [1.807, 2.05) is 35.9 Å². The second-order valence-corrected chi connectivity index (χ2v) is 7.24. The zero-order valence-corrected chi connectivity index (χ0v) is 17.9. The Labute approximate surface area is 184 Å². The molecule has 0 bridgehead atoms. The first-order valence-corrected chi connectivity index (χ1v) is 9.92. The molecular weight excluding hydrogens is 408 g/mol. The molecule has 0 radical (unpaired) electrons. The molecular formula is C22H22N8O2. The molecule has 2 N–H and O–H groups in total. The van der Waals surface area contributed by atoms with Crippen molar-refractivity contribution in [2.24, 2.45) is 0 Å². The molecule has 0 fully saturated rings. The second-order valence-electron chi connectivity index (χ2n) is 7.24. The highest BCUT2D eigenvalue weighted by atomic mass is 16.2. The van der Waals surface area contributed by atoms with Crippen molar-refractivity contribution >= 4 is 23.1 Å². The molecule has 0 spiro atoms. The molecule has 0 saturated carbocycles. The Bertz CT molecular complexity index is 1320. The van der Waals surface area contributed by atoms with Gasteiger partial charge in [-0.25, -0.2) is 19.9 Å². The molecule has 32 heavy (non-hydrogen) atoms. The highest BCUT2D eigenvalue weighted by Crippen LogP contribution is 2.19. The van der Waals surface area contributed by atoms with Crippen LogP contribution in [0.4, 0.5) is 17.2 Å². The Morgan fingerprint density at radius 1 is 1.00 bits per heavy atom. The number of nitrogens with one attached hydrogen (secondary N) is 2. The molecule has 0 aliphatic heterocycles. The van der Waals surface area contributed by atoms with Gasteiger partial charge in [-0.2, -0.15) is 0 Å². The molecule has 1 amide bonds. The highest BCUT2D eigenvalue weighted by Gasteiger charge is 2.09. The van der Waals surface area contributed by atoms with Crippen LogP contribution in [0.5, 0.6) is 0 Å². The monoisotopic (exact) mass is 430 g/mol. The van der Waals surface area contributed by atoms with Crippen molar-refractivity contribution in [1.82, 2.24) is 29.1 Å². The molecule has 162 valence electrons. The summed E-state index contributed by atoms with van der Waals surface area (Å²) in [5, 5.41) is 6.00. The zero-order valence-electron chi connectivity index (χ0n) is 17.9. The summed E-state index contributed by atoms with van der Waals surface area (Å²) in [7, 11) is 0. The van der Waals surface area contributed by atoms with E-state index in [-0.39, 0.29) is 18.0 Å². The third kappa shape index (κ3) is 4.53. The van der Waals surface area contributed by atoms with Gasteiger partial charge < -0.3 is 10.6 Å². The van der Waals surface area contributed by atoms with Crippen LogP contribution in [0.15, 0.2) is 60.2 Å². The van der Waals surface area contributed by atoms with Gasteiger partial charge in [0.1, 0.15) is 30.3 Å². The quantitative estimate of drug-likeness (QED) is 0.482. The van der Waals surface area contributed by atoms with E-state index in [0.29, 0.717) is 28.6 Å². The van der Waals surface area contributed by atoms with Gasteiger partial charge in [0.2, 0.25) is 5.91 Å². The van der Waals surface area contributed by atoms with Crippen molar-refractivity contribution in [1.29, 1.82) is 0 Å². The minimum atomic E-state index is -0.311. The van der Waals surface area contributed by atoms with Crippen LogP contribution in [-0.2, 0) is 11.3 Å². The van der Waals surface area contributed by atoms with Crippen LogP contribution in [0.3, 0.4) is 0 Å². The number of imidazole rings is 1. The molecule has 0 unspecified atom stereocenters. The molecule has 4 aromatic rings. The van der Waals surface area contributed by atoms with Gasteiger partial charge in [-0.3, -0.25) is 18.7 Å². The summed E-state index contributed by atoms with van der Waals surface area (Å²) in [4.78, 5) is 41.4. The summed E-state index contributed by atoms with van der Waals surface area (Å²) in [6, 6.07) is 9.00. The number of aromatic nitrogens is 6. The van der Waals surface area contributed by atoms with Gasteiger partial charge in [-0.1, -0.05) is 0 Å². The average molecular weight is 430 g/mol. The maximum Gasteiger partial charge on any atom is 0.256 e. The maximum absolute atomic E-state index is 12.3. The van der Waals surface area contributed by atoms with Crippen molar-refractivity contribution in [2.75, 3.05) is 10.6 Å². The summed E-state index contributed by atoms with van der Waals surface area (Å²) >= 11 is 0. The van der Waals surface area contributed by atoms with Gasteiger partial charge in [0.05, 0.1) is 6.33 Å². The number of aryl methyl sites for hydroxylation is 2. The van der Waals surface area contributed by atoms with Gasteiger partial charge in [0.15, 0.2) is 0 Å². The standard InChI is InChI=1S/C22H22N8O2/c1-14-15(2)26-13-29(22(14)32)11-21(31)28-18-6-4-17(5-7-18)27-19-10-20(25-12-24-19)30-9-8-23-16(30)3/h4-10,12-13H,11H2,1-3H3,(H,28,31)(H,24,25,27). The van der Waals surface area contributed by atoms with Crippen molar-refractivity contribution in [2.45, 2.75) is 27.3 Å². The lowest BCUT2D eigenvalue weighted by Crippen LogP contribution is -2.29. The molecule has 0 atom stereocenters. The number of carbonyl (C=O) groups excluding carboxylic acids is 1. The van der Waals surface area contributed by atoms with Crippen molar-refractivity contribution in [3.8, 4) is 5.82 Å². The normalized spacial score (nSPS) is 10.7. The van der Waals surface area contributed by atoms with Gasteiger partial charge in [0, 0.05) is 41.1 Å². The number of benzene rings is 1. The largest absolute Gasteiger partial charge is 0.340 e. The number of amides is 1. The van der Waals surface area contributed by atoms with Crippen LogP contribution in [0.2, 0.25) is 0 Å². The Morgan fingerprint density at radius 2 is 1.75 bits per heavy atom. The van der Waals surface area contributed by atoms with E-state index in [1.54, 1.807) is 32.2 Å². The van der Waals surface area contributed by atoms with Gasteiger partial charge >= 0.3 is 0 Å². The molecule has 4 rings (SSSR count). The summed E-state index contributed by atoms with van der Waals surface area (Å²) in [6.45, 7) is 5.25. The molecule has 0 aliphatic carbocycles. The average Bonchev–Trinajstić information content (AvgIpc) is 3.22. The third-order valence-electron chi connectivity index (χ3n) is 5.00. The zero-order chi connectivity index (χ0) is 22.7. The minimum absolute atomic E-state index is 0.107. The first kappa shape index (κ1) is 20.9. The number of hydrogen-bond donors (Lipinski definition) is 2. The first-order chi connectivity index (χ1) is 15.4. The maximum atomic E-state index is 12.3. The second kappa shape index (κ2) is 8.80. The predicted molar refractivity (Wildman–Crippen MR) is 120 cm³/mol. The van der Waals surface area contributed by atoms with Crippen LogP contribution in [-0.4, -0.2) is 35.0 Å². The van der Waals surface area contributed by atoms with E-state index in [1.165, 1.54) is 17.2 Å². The summed E-state index contributed by atoms with van der Waals surface area (Å²) in [6.07, 6.45) is 6.42. The molecule has 0 saturated heterocycles. The van der Waals surface area contributed by atoms with Crippen LogP contribution in [0.25, 0.3) is 5.82 Å². The van der Waals surface area contributed by atoms with Crippen LogP contribution < -0.4 is 16.2 Å². The van der Waals surface area contributed by atoms with Crippen molar-refractivity contribution in [3.63, 3.8) is 0 Å². The van der Waals surface area contributed by atoms with Gasteiger partial charge in [0.25, 0.3) is 5.56 Å². The smallest absolute Gasteiger partial charge is 0.256 e. The first-order valence-electron chi connectivity index (χ1n) is 9.92. The van der Waals surface area contributed by atoms with E-state index in [9.17, 15) is 9.59 Å². The predicted octanol–water partition coefficient (Wildman–Crippen LogP) is 2.53. The molecule has 10 heteroatoms. The summed E-state index contributed by atoms with van der Waals surface area (Å²) in [5.74, 6) is 1.85. The van der Waals surface area contributed by atoms with E-state index in [0.717, 1.165) is 11.5 Å². The van der Waals surface area contributed by atoms with Crippen molar-refractivity contribution < 1.29 is 4.79 Å².